The molecule has 1 fully saturated rings. The van der Waals surface area contributed by atoms with Gasteiger partial charge in [0.25, 0.3) is 0 Å². The van der Waals surface area contributed by atoms with Crippen molar-refractivity contribution in [1.29, 1.82) is 0 Å². The van der Waals surface area contributed by atoms with Gasteiger partial charge in [0.05, 0.1) is 11.8 Å². The van der Waals surface area contributed by atoms with Gasteiger partial charge >= 0.3 is 0 Å². The lowest BCUT2D eigenvalue weighted by molar-refractivity contribution is 0.125. The number of aryl methyl sites for hydroxylation is 2. The van der Waals surface area contributed by atoms with Crippen molar-refractivity contribution in [2.75, 3.05) is 6.54 Å². The number of rotatable bonds is 2. The van der Waals surface area contributed by atoms with Crippen LogP contribution in [0.2, 0.25) is 5.15 Å². The number of halogens is 1. The molecule has 17 heavy (non-hydrogen) atoms. The Bertz CT molecular complexity index is 383. The zero-order valence-electron chi connectivity index (χ0n) is 10.4. The number of nitrogens with zero attached hydrogens (tertiary/aromatic N) is 2. The molecule has 2 N–H and O–H groups in total. The third kappa shape index (κ3) is 2.64. The summed E-state index contributed by atoms with van der Waals surface area (Å²) in [4.78, 5) is 0. The van der Waals surface area contributed by atoms with Gasteiger partial charge in [-0.15, -0.1) is 0 Å². The number of aromatic nitrogens is 2. The molecule has 1 aromatic heterocycles. The van der Waals surface area contributed by atoms with Gasteiger partial charge in [0.15, 0.2) is 0 Å². The minimum absolute atomic E-state index is 0.0953. The summed E-state index contributed by atoms with van der Waals surface area (Å²) >= 11 is 6.18. The highest BCUT2D eigenvalue weighted by Crippen LogP contribution is 2.30. The van der Waals surface area contributed by atoms with Gasteiger partial charge < -0.3 is 10.4 Å². The van der Waals surface area contributed by atoms with E-state index in [4.69, 9.17) is 11.6 Å². The molecule has 1 aromatic rings. The molecule has 0 aliphatic carbocycles. The molecular formula is C12H20ClN3O. The van der Waals surface area contributed by atoms with E-state index >= 15 is 0 Å². The fraction of sp³-hybridized carbons (Fsp3) is 0.750. The molecule has 0 bridgehead atoms. The van der Waals surface area contributed by atoms with E-state index in [1.54, 1.807) is 11.7 Å². The first kappa shape index (κ1) is 12.9. The molecular weight excluding hydrogens is 238 g/mol. The fourth-order valence-electron chi connectivity index (χ4n) is 2.51. The minimum Gasteiger partial charge on any atom is -0.387 e. The monoisotopic (exact) mass is 257 g/mol. The molecule has 0 amide bonds. The average molecular weight is 258 g/mol. The summed E-state index contributed by atoms with van der Waals surface area (Å²) in [5.74, 6) is 0. The Hall–Kier alpha value is -0.580. The lowest BCUT2D eigenvalue weighted by Crippen LogP contribution is -2.34. The van der Waals surface area contributed by atoms with Crippen LogP contribution in [0, 0.1) is 6.92 Å². The van der Waals surface area contributed by atoms with Crippen LogP contribution in [0.25, 0.3) is 0 Å². The van der Waals surface area contributed by atoms with Crippen LogP contribution in [0.3, 0.4) is 0 Å². The second-order valence-corrected chi connectivity index (χ2v) is 5.13. The highest BCUT2D eigenvalue weighted by molar-refractivity contribution is 6.30. The van der Waals surface area contributed by atoms with E-state index in [9.17, 15) is 5.11 Å². The number of aliphatic hydroxyl groups is 1. The van der Waals surface area contributed by atoms with Crippen molar-refractivity contribution in [2.24, 2.45) is 7.05 Å². The van der Waals surface area contributed by atoms with Crippen LogP contribution < -0.4 is 5.32 Å². The molecule has 0 saturated carbocycles. The van der Waals surface area contributed by atoms with Gasteiger partial charge in [-0.25, -0.2) is 0 Å². The fourth-order valence-corrected chi connectivity index (χ4v) is 2.79. The normalized spacial score (nSPS) is 23.4. The standard InChI is InChI=1S/C12H20ClN3O/c1-8-10(12(13)16(2)15-8)11(17)9-6-4-3-5-7-14-9/h9,11,14,17H,3-7H2,1-2H3. The van der Waals surface area contributed by atoms with Crippen molar-refractivity contribution in [1.82, 2.24) is 15.1 Å². The molecule has 2 unspecified atom stereocenters. The number of hydrogen-bond donors (Lipinski definition) is 2. The van der Waals surface area contributed by atoms with Crippen molar-refractivity contribution in [3.63, 3.8) is 0 Å². The summed E-state index contributed by atoms with van der Waals surface area (Å²) in [7, 11) is 1.80. The second-order valence-electron chi connectivity index (χ2n) is 4.77. The van der Waals surface area contributed by atoms with E-state index in [1.165, 1.54) is 12.8 Å². The highest BCUT2D eigenvalue weighted by Gasteiger charge is 2.27. The summed E-state index contributed by atoms with van der Waals surface area (Å²) in [6, 6.07) is 0.0953. The van der Waals surface area contributed by atoms with Crippen LogP contribution in [0.5, 0.6) is 0 Å². The van der Waals surface area contributed by atoms with E-state index < -0.39 is 6.10 Å². The second kappa shape index (κ2) is 5.38. The quantitative estimate of drug-likeness (QED) is 0.852. The van der Waals surface area contributed by atoms with Gasteiger partial charge in [-0.05, 0) is 26.3 Å². The Labute approximate surface area is 107 Å². The molecule has 2 atom stereocenters. The first-order valence-corrected chi connectivity index (χ1v) is 6.59. The Morgan fingerprint density at radius 1 is 1.47 bits per heavy atom. The molecule has 1 saturated heterocycles. The summed E-state index contributed by atoms with van der Waals surface area (Å²) in [5, 5.41) is 18.6. The van der Waals surface area contributed by atoms with Crippen LogP contribution in [0.1, 0.15) is 43.0 Å². The summed E-state index contributed by atoms with van der Waals surface area (Å²) in [6.45, 7) is 2.86. The molecule has 0 aromatic carbocycles. The maximum absolute atomic E-state index is 10.4. The van der Waals surface area contributed by atoms with Gasteiger partial charge in [-0.1, -0.05) is 24.4 Å². The van der Waals surface area contributed by atoms with E-state index in [0.717, 1.165) is 30.6 Å². The summed E-state index contributed by atoms with van der Waals surface area (Å²) < 4.78 is 1.62. The van der Waals surface area contributed by atoms with Gasteiger partial charge in [-0.2, -0.15) is 5.10 Å². The maximum atomic E-state index is 10.4. The lowest BCUT2D eigenvalue weighted by atomic mass is 9.99. The van der Waals surface area contributed by atoms with Crippen LogP contribution in [-0.2, 0) is 7.05 Å². The predicted octanol–water partition coefficient (Wildman–Crippen LogP) is 1.95. The van der Waals surface area contributed by atoms with E-state index in [1.807, 2.05) is 6.92 Å². The molecule has 5 heteroatoms. The van der Waals surface area contributed by atoms with E-state index in [0.29, 0.717) is 5.15 Å². The highest BCUT2D eigenvalue weighted by atomic mass is 35.5. The van der Waals surface area contributed by atoms with Crippen molar-refractivity contribution in [3.05, 3.63) is 16.4 Å². The Morgan fingerprint density at radius 3 is 2.88 bits per heavy atom. The number of hydrogen-bond acceptors (Lipinski definition) is 3. The van der Waals surface area contributed by atoms with Crippen molar-refractivity contribution >= 4 is 11.6 Å². The molecule has 1 aliphatic heterocycles. The van der Waals surface area contributed by atoms with Crippen LogP contribution >= 0.6 is 11.6 Å². The smallest absolute Gasteiger partial charge is 0.132 e. The van der Waals surface area contributed by atoms with Crippen LogP contribution in [0.4, 0.5) is 0 Å². The number of nitrogens with one attached hydrogen (secondary N) is 1. The van der Waals surface area contributed by atoms with E-state index in [2.05, 4.69) is 10.4 Å². The zero-order chi connectivity index (χ0) is 12.4. The summed E-state index contributed by atoms with van der Waals surface area (Å²) in [6.07, 6.45) is 4.01. The van der Waals surface area contributed by atoms with Gasteiger partial charge in [0, 0.05) is 18.7 Å². The van der Waals surface area contributed by atoms with Gasteiger partial charge in [-0.3, -0.25) is 4.68 Å². The zero-order valence-corrected chi connectivity index (χ0v) is 11.2. The number of aliphatic hydroxyl groups excluding tert-OH is 1. The Balaban J connectivity index is 2.20. The third-order valence-electron chi connectivity index (χ3n) is 3.47. The lowest BCUT2D eigenvalue weighted by Gasteiger charge is -2.22. The first-order chi connectivity index (χ1) is 8.11. The van der Waals surface area contributed by atoms with Gasteiger partial charge in [0.1, 0.15) is 5.15 Å². The molecule has 4 nitrogen and oxygen atoms in total. The molecule has 0 radical (unpaired) electrons. The van der Waals surface area contributed by atoms with Crippen LogP contribution in [0.15, 0.2) is 0 Å². The van der Waals surface area contributed by atoms with Crippen LogP contribution in [-0.4, -0.2) is 27.5 Å². The largest absolute Gasteiger partial charge is 0.387 e. The maximum Gasteiger partial charge on any atom is 0.132 e. The first-order valence-electron chi connectivity index (χ1n) is 6.21. The molecule has 2 heterocycles. The summed E-state index contributed by atoms with van der Waals surface area (Å²) in [5.41, 5.74) is 1.59. The molecule has 0 spiro atoms. The molecule has 96 valence electrons. The van der Waals surface area contributed by atoms with Crippen molar-refractivity contribution in [3.8, 4) is 0 Å². The van der Waals surface area contributed by atoms with Crippen molar-refractivity contribution < 1.29 is 5.11 Å². The predicted molar refractivity (Wildman–Crippen MR) is 68.2 cm³/mol. The topological polar surface area (TPSA) is 50.1 Å². The Morgan fingerprint density at radius 2 is 2.24 bits per heavy atom. The molecule has 2 rings (SSSR count). The molecule has 1 aliphatic rings. The van der Waals surface area contributed by atoms with E-state index in [-0.39, 0.29) is 6.04 Å². The Kier molecular flexibility index (Phi) is 4.07. The van der Waals surface area contributed by atoms with Crippen molar-refractivity contribution in [2.45, 2.75) is 44.8 Å². The average Bonchev–Trinajstić information content (AvgIpc) is 2.52. The third-order valence-corrected chi connectivity index (χ3v) is 3.92. The minimum atomic E-state index is -0.561. The van der Waals surface area contributed by atoms with Gasteiger partial charge in [0.2, 0.25) is 0 Å². The SMILES string of the molecule is Cc1nn(C)c(Cl)c1C(O)C1CCCCCN1.